The summed E-state index contributed by atoms with van der Waals surface area (Å²) in [6.07, 6.45) is 0. The van der Waals surface area contributed by atoms with Crippen molar-refractivity contribution in [3.8, 4) is 39.1 Å². The van der Waals surface area contributed by atoms with Gasteiger partial charge in [0, 0.05) is 74.2 Å². The molecule has 3 aromatic heterocycles. The molecule has 0 bridgehead atoms. The lowest BCUT2D eigenvalue weighted by molar-refractivity contribution is 1.04. The number of aryl methyl sites for hydroxylation is 1. The van der Waals surface area contributed by atoms with Crippen molar-refractivity contribution < 1.29 is 0 Å². The number of thiophene rings is 2. The maximum absolute atomic E-state index is 2.37. The molecule has 12 rings (SSSR count). The number of rotatable bonds is 7. The summed E-state index contributed by atoms with van der Waals surface area (Å²) < 4.78 is 7.68. The van der Waals surface area contributed by atoms with Crippen LogP contribution in [0.3, 0.4) is 0 Å². The van der Waals surface area contributed by atoms with Gasteiger partial charge in [-0.1, -0.05) is 115 Å². The fraction of sp³-hybridized carbons (Fsp3) is 0.0345. The molecule has 4 heteroatoms. The van der Waals surface area contributed by atoms with E-state index in [2.05, 4.69) is 230 Å². The first-order chi connectivity index (χ1) is 30.5. The molecule has 0 aliphatic carbocycles. The van der Waals surface area contributed by atoms with E-state index in [1.807, 2.05) is 22.7 Å². The van der Waals surface area contributed by atoms with Gasteiger partial charge in [0.25, 0.3) is 0 Å². The topological polar surface area (TPSA) is 8.17 Å². The molecule has 62 heavy (non-hydrogen) atoms. The van der Waals surface area contributed by atoms with Crippen molar-refractivity contribution >= 4 is 91.0 Å². The van der Waals surface area contributed by atoms with Crippen LogP contribution in [0.2, 0.25) is 0 Å². The first-order valence-corrected chi connectivity index (χ1v) is 22.8. The Morgan fingerprint density at radius 2 is 0.710 bits per heavy atom. The van der Waals surface area contributed by atoms with E-state index in [1.165, 1.54) is 102 Å². The minimum atomic E-state index is 1.10. The lowest BCUT2D eigenvalue weighted by Gasteiger charge is -2.26. The van der Waals surface area contributed by atoms with E-state index in [4.69, 9.17) is 0 Å². The third kappa shape index (κ3) is 6.14. The zero-order valence-corrected chi connectivity index (χ0v) is 36.0. The minimum Gasteiger partial charge on any atom is -0.314 e. The van der Waals surface area contributed by atoms with Crippen LogP contribution in [0.4, 0.5) is 17.1 Å². The standard InChI is InChI=1S/C58H40N2S2/c1-37-38(2)59(54-12-6-3-9-49(37)54)45-25-15-39(16-26-45)40-17-27-46(28-18-40)60(47-29-19-41(20-30-47)43-23-33-57-52(35-43)50-10-4-7-13-55(50)61-57)48-31-21-42(22-32-48)44-24-34-58-53(36-44)51-11-5-8-14-56(51)62-58/h3-36H,1-2H3. The number of benzene rings is 9. The molecule has 0 N–H and O–H groups in total. The summed E-state index contributed by atoms with van der Waals surface area (Å²) in [6, 6.07) is 76.0. The van der Waals surface area contributed by atoms with E-state index < -0.39 is 0 Å². The van der Waals surface area contributed by atoms with Gasteiger partial charge in [-0.05, 0) is 144 Å². The summed E-state index contributed by atoms with van der Waals surface area (Å²) in [5.41, 5.74) is 15.6. The Balaban J connectivity index is 0.895. The first-order valence-electron chi connectivity index (χ1n) is 21.2. The maximum Gasteiger partial charge on any atom is 0.0534 e. The Hall–Kier alpha value is -7.24. The average Bonchev–Trinajstić information content (AvgIpc) is 3.98. The zero-order valence-electron chi connectivity index (χ0n) is 34.3. The molecule has 12 aromatic rings. The van der Waals surface area contributed by atoms with E-state index in [-0.39, 0.29) is 0 Å². The summed E-state index contributed by atoms with van der Waals surface area (Å²) in [4.78, 5) is 2.37. The van der Waals surface area contributed by atoms with Crippen molar-refractivity contribution in [2.24, 2.45) is 0 Å². The molecule has 0 spiro atoms. The molecule has 0 saturated heterocycles. The molecule has 294 valence electrons. The molecule has 2 nitrogen and oxygen atoms in total. The summed E-state index contributed by atoms with van der Waals surface area (Å²) >= 11 is 3.72. The molecule has 0 saturated carbocycles. The van der Waals surface area contributed by atoms with Crippen LogP contribution in [0, 0.1) is 13.8 Å². The van der Waals surface area contributed by atoms with Crippen LogP contribution >= 0.6 is 22.7 Å². The highest BCUT2D eigenvalue weighted by atomic mass is 32.1. The van der Waals surface area contributed by atoms with Gasteiger partial charge in [-0.2, -0.15) is 0 Å². The molecule has 0 aliphatic rings. The van der Waals surface area contributed by atoms with Gasteiger partial charge in [-0.15, -0.1) is 22.7 Å². The Morgan fingerprint density at radius 1 is 0.339 bits per heavy atom. The molecular formula is C58H40N2S2. The first kappa shape index (κ1) is 36.6. The molecule has 0 amide bonds. The van der Waals surface area contributed by atoms with Crippen LogP contribution < -0.4 is 4.90 Å². The molecule has 0 radical (unpaired) electrons. The zero-order chi connectivity index (χ0) is 41.3. The molecule has 3 heterocycles. The van der Waals surface area contributed by atoms with Crippen molar-refractivity contribution in [3.63, 3.8) is 0 Å². The van der Waals surface area contributed by atoms with Crippen molar-refractivity contribution in [2.75, 3.05) is 4.90 Å². The number of fused-ring (bicyclic) bond motifs is 7. The Morgan fingerprint density at radius 3 is 1.19 bits per heavy atom. The monoisotopic (exact) mass is 828 g/mol. The third-order valence-electron chi connectivity index (χ3n) is 12.7. The van der Waals surface area contributed by atoms with Gasteiger partial charge >= 0.3 is 0 Å². The van der Waals surface area contributed by atoms with Gasteiger partial charge in [0.15, 0.2) is 0 Å². The van der Waals surface area contributed by atoms with E-state index in [1.54, 1.807) is 0 Å². The molecule has 0 unspecified atom stereocenters. The largest absolute Gasteiger partial charge is 0.314 e. The van der Waals surface area contributed by atoms with Gasteiger partial charge in [-0.3, -0.25) is 0 Å². The van der Waals surface area contributed by atoms with Gasteiger partial charge in [0.1, 0.15) is 0 Å². The van der Waals surface area contributed by atoms with E-state index in [9.17, 15) is 0 Å². The molecule has 9 aromatic carbocycles. The predicted octanol–water partition coefficient (Wildman–Crippen LogP) is 17.5. The van der Waals surface area contributed by atoms with E-state index in [0.717, 1.165) is 17.1 Å². The normalized spacial score (nSPS) is 11.7. The second-order valence-corrected chi connectivity index (χ2v) is 18.4. The van der Waals surface area contributed by atoms with Gasteiger partial charge in [0.2, 0.25) is 0 Å². The van der Waals surface area contributed by atoms with Crippen LogP contribution in [-0.2, 0) is 0 Å². The highest BCUT2D eigenvalue weighted by Gasteiger charge is 2.16. The third-order valence-corrected chi connectivity index (χ3v) is 15.0. The van der Waals surface area contributed by atoms with Gasteiger partial charge in [-0.25, -0.2) is 0 Å². The van der Waals surface area contributed by atoms with E-state index in [0.29, 0.717) is 0 Å². The van der Waals surface area contributed by atoms with Crippen LogP contribution in [0.5, 0.6) is 0 Å². The second kappa shape index (κ2) is 14.7. The number of hydrogen-bond donors (Lipinski definition) is 0. The fourth-order valence-corrected chi connectivity index (χ4v) is 11.5. The summed E-state index contributed by atoms with van der Waals surface area (Å²) in [5.74, 6) is 0. The van der Waals surface area contributed by atoms with Crippen molar-refractivity contribution in [1.29, 1.82) is 0 Å². The van der Waals surface area contributed by atoms with Crippen LogP contribution in [0.25, 0.3) is 90.3 Å². The van der Waals surface area contributed by atoms with Crippen LogP contribution in [0.1, 0.15) is 11.3 Å². The molecule has 0 fully saturated rings. The Bertz CT molecular complexity index is 3470. The molecule has 0 atom stereocenters. The lowest BCUT2D eigenvalue weighted by Crippen LogP contribution is -2.09. The summed E-state index contributed by atoms with van der Waals surface area (Å²) in [6.45, 7) is 4.43. The maximum atomic E-state index is 2.37. The van der Waals surface area contributed by atoms with Gasteiger partial charge < -0.3 is 9.47 Å². The van der Waals surface area contributed by atoms with Crippen molar-refractivity contribution in [3.05, 3.63) is 218 Å². The Labute approximate surface area is 368 Å². The smallest absolute Gasteiger partial charge is 0.0534 e. The quantitative estimate of drug-likeness (QED) is 0.155. The highest BCUT2D eigenvalue weighted by molar-refractivity contribution is 7.26. The fourth-order valence-electron chi connectivity index (χ4n) is 9.33. The Kier molecular flexibility index (Phi) is 8.70. The SMILES string of the molecule is Cc1c(C)n(-c2ccc(-c3ccc(N(c4ccc(-c5ccc6sc7ccccc7c6c5)cc4)c4ccc(-c5ccc6sc7ccccc7c6c5)cc4)cc3)cc2)c2ccccc12. The lowest BCUT2D eigenvalue weighted by atomic mass is 10.0. The predicted molar refractivity (Wildman–Crippen MR) is 270 cm³/mol. The highest BCUT2D eigenvalue weighted by Crippen LogP contribution is 2.41. The minimum absolute atomic E-state index is 1.10. The second-order valence-electron chi connectivity index (χ2n) is 16.2. The number of hydrogen-bond acceptors (Lipinski definition) is 3. The molecular weight excluding hydrogens is 789 g/mol. The number of aromatic nitrogens is 1. The van der Waals surface area contributed by atoms with Crippen LogP contribution in [-0.4, -0.2) is 4.57 Å². The summed E-state index contributed by atoms with van der Waals surface area (Å²) in [5, 5.41) is 6.59. The van der Waals surface area contributed by atoms with Crippen molar-refractivity contribution in [2.45, 2.75) is 13.8 Å². The number of anilines is 3. The number of nitrogens with zero attached hydrogens (tertiary/aromatic N) is 2. The molecule has 0 aliphatic heterocycles. The summed E-state index contributed by atoms with van der Waals surface area (Å²) in [7, 11) is 0. The van der Waals surface area contributed by atoms with Crippen molar-refractivity contribution in [1.82, 2.24) is 4.57 Å². The van der Waals surface area contributed by atoms with Crippen LogP contribution in [0.15, 0.2) is 206 Å². The van der Waals surface area contributed by atoms with E-state index >= 15 is 0 Å². The van der Waals surface area contributed by atoms with Gasteiger partial charge in [0.05, 0.1) is 5.52 Å². The number of para-hydroxylation sites is 1. The average molecular weight is 829 g/mol.